The minimum Gasteiger partial charge on any atom is -0.481 e. The Morgan fingerprint density at radius 2 is 2.06 bits per heavy atom. The molecule has 0 aliphatic heterocycles. The zero-order valence-corrected chi connectivity index (χ0v) is 9.61. The minimum atomic E-state index is -0.849. The van der Waals surface area contributed by atoms with Crippen LogP contribution in [0.25, 0.3) is 0 Å². The molecule has 0 spiro atoms. The van der Waals surface area contributed by atoms with Gasteiger partial charge in [0.25, 0.3) is 0 Å². The molecule has 2 nitrogen and oxygen atoms in total. The summed E-state index contributed by atoms with van der Waals surface area (Å²) >= 11 is 0. The van der Waals surface area contributed by atoms with E-state index in [1.807, 2.05) is 13.8 Å². The van der Waals surface area contributed by atoms with Gasteiger partial charge in [-0.3, -0.25) is 4.79 Å². The number of benzene rings is 1. The van der Waals surface area contributed by atoms with Gasteiger partial charge in [-0.25, -0.2) is 4.39 Å². The number of halogens is 1. The number of hydrogen-bond donors (Lipinski definition) is 1. The minimum absolute atomic E-state index is 0.0529. The van der Waals surface area contributed by atoms with Crippen LogP contribution in [0, 0.1) is 17.7 Å². The third-order valence-corrected chi connectivity index (χ3v) is 3.05. The van der Waals surface area contributed by atoms with Crippen LogP contribution in [0.2, 0.25) is 0 Å². The standard InChI is InChI=1S/C13H17FO2/c1-3-9(2)11(13(15)16)8-10-6-4-5-7-12(10)14/h4-7,9,11H,3,8H2,1-2H3,(H,15,16). The summed E-state index contributed by atoms with van der Waals surface area (Å²) in [5.74, 6) is -1.63. The van der Waals surface area contributed by atoms with E-state index in [-0.39, 0.29) is 18.2 Å². The number of aliphatic carboxylic acids is 1. The first-order valence-corrected chi connectivity index (χ1v) is 5.52. The van der Waals surface area contributed by atoms with Crippen molar-refractivity contribution in [3.63, 3.8) is 0 Å². The quantitative estimate of drug-likeness (QED) is 0.834. The zero-order valence-electron chi connectivity index (χ0n) is 9.61. The van der Waals surface area contributed by atoms with Gasteiger partial charge in [-0.2, -0.15) is 0 Å². The van der Waals surface area contributed by atoms with Gasteiger partial charge in [-0.15, -0.1) is 0 Å². The van der Waals surface area contributed by atoms with Crippen LogP contribution in [-0.4, -0.2) is 11.1 Å². The van der Waals surface area contributed by atoms with Crippen molar-refractivity contribution < 1.29 is 14.3 Å². The van der Waals surface area contributed by atoms with Gasteiger partial charge >= 0.3 is 5.97 Å². The largest absolute Gasteiger partial charge is 0.481 e. The van der Waals surface area contributed by atoms with Crippen molar-refractivity contribution in [1.29, 1.82) is 0 Å². The van der Waals surface area contributed by atoms with E-state index < -0.39 is 11.9 Å². The monoisotopic (exact) mass is 224 g/mol. The van der Waals surface area contributed by atoms with Crippen LogP contribution in [0.1, 0.15) is 25.8 Å². The van der Waals surface area contributed by atoms with E-state index in [1.54, 1.807) is 18.2 Å². The topological polar surface area (TPSA) is 37.3 Å². The zero-order chi connectivity index (χ0) is 12.1. The predicted molar refractivity (Wildman–Crippen MR) is 60.7 cm³/mol. The Balaban J connectivity index is 2.84. The van der Waals surface area contributed by atoms with Gasteiger partial charge in [0.1, 0.15) is 5.82 Å². The first-order valence-electron chi connectivity index (χ1n) is 5.52. The molecule has 2 atom stereocenters. The molecule has 0 saturated carbocycles. The van der Waals surface area contributed by atoms with E-state index in [0.29, 0.717) is 5.56 Å². The number of carboxylic acids is 1. The van der Waals surface area contributed by atoms with Crippen molar-refractivity contribution in [3.05, 3.63) is 35.6 Å². The Kier molecular flexibility index (Phi) is 4.47. The van der Waals surface area contributed by atoms with Gasteiger partial charge in [0.2, 0.25) is 0 Å². The van der Waals surface area contributed by atoms with E-state index in [1.165, 1.54) is 6.07 Å². The van der Waals surface area contributed by atoms with Gasteiger partial charge < -0.3 is 5.11 Å². The summed E-state index contributed by atoms with van der Waals surface area (Å²) in [6, 6.07) is 6.35. The lowest BCUT2D eigenvalue weighted by Gasteiger charge is -2.18. The molecule has 0 saturated heterocycles. The molecule has 0 aliphatic rings. The van der Waals surface area contributed by atoms with E-state index in [4.69, 9.17) is 5.11 Å². The van der Waals surface area contributed by atoms with Crippen molar-refractivity contribution >= 4 is 5.97 Å². The van der Waals surface area contributed by atoms with Crippen LogP contribution in [0.15, 0.2) is 24.3 Å². The highest BCUT2D eigenvalue weighted by atomic mass is 19.1. The molecular weight excluding hydrogens is 207 g/mol. The summed E-state index contributed by atoms with van der Waals surface area (Å²) in [5, 5.41) is 9.10. The average Bonchev–Trinajstić information content (AvgIpc) is 2.26. The molecule has 2 unspecified atom stereocenters. The number of carboxylic acid groups (broad SMARTS) is 1. The third-order valence-electron chi connectivity index (χ3n) is 3.05. The maximum Gasteiger partial charge on any atom is 0.307 e. The van der Waals surface area contributed by atoms with Crippen LogP contribution >= 0.6 is 0 Å². The highest BCUT2D eigenvalue weighted by Crippen LogP contribution is 2.22. The van der Waals surface area contributed by atoms with Crippen LogP contribution in [0.3, 0.4) is 0 Å². The first-order chi connectivity index (χ1) is 7.56. The van der Waals surface area contributed by atoms with Crippen LogP contribution in [-0.2, 0) is 11.2 Å². The van der Waals surface area contributed by atoms with Gasteiger partial charge in [-0.05, 0) is 24.0 Å². The summed E-state index contributed by atoms with van der Waals surface area (Å²) < 4.78 is 13.4. The molecular formula is C13H17FO2. The van der Waals surface area contributed by atoms with Crippen molar-refractivity contribution in [2.24, 2.45) is 11.8 Å². The second-order valence-corrected chi connectivity index (χ2v) is 4.13. The van der Waals surface area contributed by atoms with Crippen LogP contribution < -0.4 is 0 Å². The molecule has 1 aromatic rings. The van der Waals surface area contributed by atoms with Crippen LogP contribution in [0.5, 0.6) is 0 Å². The fourth-order valence-electron chi connectivity index (χ4n) is 1.72. The smallest absolute Gasteiger partial charge is 0.307 e. The Bertz CT molecular complexity index is 363. The highest BCUT2D eigenvalue weighted by Gasteiger charge is 2.24. The molecule has 0 fully saturated rings. The molecule has 0 heterocycles. The van der Waals surface area contributed by atoms with E-state index in [2.05, 4.69) is 0 Å². The Labute approximate surface area is 95.1 Å². The summed E-state index contributed by atoms with van der Waals surface area (Å²) in [7, 11) is 0. The number of hydrogen-bond acceptors (Lipinski definition) is 1. The maximum absolute atomic E-state index is 13.4. The Hall–Kier alpha value is -1.38. The molecule has 0 aromatic heterocycles. The van der Waals surface area contributed by atoms with Gasteiger partial charge in [0.05, 0.1) is 5.92 Å². The van der Waals surface area contributed by atoms with Gasteiger partial charge in [0, 0.05) is 0 Å². The molecule has 0 radical (unpaired) electrons. The molecule has 3 heteroatoms. The molecule has 1 rings (SSSR count). The first kappa shape index (κ1) is 12.7. The summed E-state index contributed by atoms with van der Waals surface area (Å²) in [4.78, 5) is 11.1. The lowest BCUT2D eigenvalue weighted by molar-refractivity contribution is -0.143. The maximum atomic E-state index is 13.4. The van der Waals surface area contributed by atoms with Gasteiger partial charge in [-0.1, -0.05) is 38.5 Å². The summed E-state index contributed by atoms with van der Waals surface area (Å²) in [6.45, 7) is 3.83. The lowest BCUT2D eigenvalue weighted by Crippen LogP contribution is -2.24. The molecule has 88 valence electrons. The summed E-state index contributed by atoms with van der Waals surface area (Å²) in [6.07, 6.45) is 1.04. The van der Waals surface area contributed by atoms with E-state index >= 15 is 0 Å². The number of carbonyl (C=O) groups is 1. The Morgan fingerprint density at radius 3 is 2.56 bits per heavy atom. The summed E-state index contributed by atoms with van der Waals surface area (Å²) in [5.41, 5.74) is 0.482. The SMILES string of the molecule is CCC(C)C(Cc1ccccc1F)C(=O)O. The van der Waals surface area contributed by atoms with Crippen LogP contribution in [0.4, 0.5) is 4.39 Å². The molecule has 1 N–H and O–H groups in total. The third kappa shape index (κ3) is 3.05. The van der Waals surface area contributed by atoms with Crippen molar-refractivity contribution in [3.8, 4) is 0 Å². The lowest BCUT2D eigenvalue weighted by atomic mass is 9.86. The predicted octanol–water partition coefficient (Wildman–Crippen LogP) is 3.12. The molecule has 0 aliphatic carbocycles. The molecule has 1 aromatic carbocycles. The van der Waals surface area contributed by atoms with Crippen molar-refractivity contribution in [1.82, 2.24) is 0 Å². The van der Waals surface area contributed by atoms with Crippen molar-refractivity contribution in [2.75, 3.05) is 0 Å². The average molecular weight is 224 g/mol. The Morgan fingerprint density at radius 1 is 1.44 bits per heavy atom. The molecule has 16 heavy (non-hydrogen) atoms. The second-order valence-electron chi connectivity index (χ2n) is 4.13. The van der Waals surface area contributed by atoms with Crippen molar-refractivity contribution in [2.45, 2.75) is 26.7 Å². The molecule has 0 bridgehead atoms. The number of rotatable bonds is 5. The van der Waals surface area contributed by atoms with E-state index in [0.717, 1.165) is 6.42 Å². The fourth-order valence-corrected chi connectivity index (χ4v) is 1.72. The normalized spacial score (nSPS) is 14.4. The highest BCUT2D eigenvalue weighted by molar-refractivity contribution is 5.70. The fraction of sp³-hybridized carbons (Fsp3) is 0.462. The van der Waals surface area contributed by atoms with E-state index in [9.17, 15) is 9.18 Å². The molecule has 0 amide bonds. The van der Waals surface area contributed by atoms with Gasteiger partial charge in [0.15, 0.2) is 0 Å². The second kappa shape index (κ2) is 5.64.